The summed E-state index contributed by atoms with van der Waals surface area (Å²) in [5.74, 6) is 0.735. The average Bonchev–Trinajstić information content (AvgIpc) is 2.96. The molecule has 2 aliphatic rings. The van der Waals surface area contributed by atoms with Crippen LogP contribution in [0.1, 0.15) is 18.9 Å². The third-order valence-corrected chi connectivity index (χ3v) is 4.39. The predicted octanol–water partition coefficient (Wildman–Crippen LogP) is 1.49. The Labute approximate surface area is 146 Å². The first-order chi connectivity index (χ1) is 12.0. The summed E-state index contributed by atoms with van der Waals surface area (Å²) < 4.78 is 5.32. The third kappa shape index (κ3) is 3.52. The molecule has 1 saturated heterocycles. The predicted molar refractivity (Wildman–Crippen MR) is 93.9 cm³/mol. The Morgan fingerprint density at radius 1 is 1.44 bits per heavy atom. The summed E-state index contributed by atoms with van der Waals surface area (Å²) in [6.07, 6.45) is 0.876. The van der Waals surface area contributed by atoms with Gasteiger partial charge in [0.1, 0.15) is 19.0 Å². The molecular weight excluding hydrogens is 324 g/mol. The number of fused-ring (bicyclic) bond motifs is 1. The van der Waals surface area contributed by atoms with Crippen molar-refractivity contribution in [3.8, 4) is 0 Å². The highest BCUT2D eigenvalue weighted by atomic mass is 16.6. The van der Waals surface area contributed by atoms with E-state index in [-0.39, 0.29) is 18.1 Å². The fraction of sp³-hybridized carbons (Fsp3) is 0.471. The molecule has 1 N–H and O–H groups in total. The van der Waals surface area contributed by atoms with Crippen LogP contribution in [0.3, 0.4) is 0 Å². The number of cyclic esters (lactones) is 1. The number of carbonyl (C=O) groups excluding carboxylic acids is 2. The van der Waals surface area contributed by atoms with E-state index in [1.165, 1.54) is 14.0 Å². The quantitative estimate of drug-likeness (QED) is 0.835. The maximum absolute atomic E-state index is 12.1. The topological polar surface area (TPSA) is 83.5 Å². The Morgan fingerprint density at radius 2 is 2.24 bits per heavy atom. The summed E-state index contributed by atoms with van der Waals surface area (Å²) >= 11 is 0. The molecule has 0 spiro atoms. The monoisotopic (exact) mass is 346 g/mol. The average molecular weight is 346 g/mol. The van der Waals surface area contributed by atoms with Gasteiger partial charge in [0.25, 0.3) is 0 Å². The molecule has 25 heavy (non-hydrogen) atoms. The van der Waals surface area contributed by atoms with E-state index < -0.39 is 0 Å². The minimum atomic E-state index is -0.388. The van der Waals surface area contributed by atoms with Crippen molar-refractivity contribution in [1.82, 2.24) is 5.32 Å². The van der Waals surface area contributed by atoms with Crippen molar-refractivity contribution in [3.63, 3.8) is 0 Å². The largest absolute Gasteiger partial charge is 0.442 e. The Bertz CT molecular complexity index is 719. The number of amidine groups is 1. The molecule has 0 saturated carbocycles. The first-order valence-electron chi connectivity index (χ1n) is 8.19. The number of oxime groups is 1. The molecule has 0 bridgehead atoms. The molecule has 0 radical (unpaired) electrons. The van der Waals surface area contributed by atoms with Crippen LogP contribution >= 0.6 is 0 Å². The van der Waals surface area contributed by atoms with Crippen molar-refractivity contribution in [3.05, 3.63) is 23.8 Å². The third-order valence-electron chi connectivity index (χ3n) is 4.39. The summed E-state index contributed by atoms with van der Waals surface area (Å²) in [7, 11) is 3.49. The van der Waals surface area contributed by atoms with Crippen molar-refractivity contribution in [2.24, 2.45) is 5.16 Å². The van der Waals surface area contributed by atoms with Gasteiger partial charge in [0.15, 0.2) is 0 Å². The summed E-state index contributed by atoms with van der Waals surface area (Å²) in [6, 6.07) is 5.88. The maximum atomic E-state index is 12.1. The molecule has 2 heterocycles. The Hall–Kier alpha value is -2.77. The fourth-order valence-electron chi connectivity index (χ4n) is 3.13. The SMILES string of the molecule is CO/N=C1\CCc2cc(N3C[C@H](CNC(C)=O)OC3=O)ccc2N1C. The summed E-state index contributed by atoms with van der Waals surface area (Å²) in [4.78, 5) is 31.6. The number of nitrogens with zero attached hydrogens (tertiary/aromatic N) is 3. The zero-order valence-corrected chi connectivity index (χ0v) is 14.6. The molecule has 0 aliphatic carbocycles. The molecule has 2 amide bonds. The summed E-state index contributed by atoms with van der Waals surface area (Å²) in [6.45, 7) is 2.18. The molecule has 0 aromatic heterocycles. The van der Waals surface area contributed by atoms with Gasteiger partial charge in [-0.3, -0.25) is 9.69 Å². The molecule has 3 rings (SSSR count). The molecule has 1 aromatic carbocycles. The second-order valence-electron chi connectivity index (χ2n) is 6.12. The number of amides is 2. The van der Waals surface area contributed by atoms with Gasteiger partial charge in [0, 0.05) is 31.8 Å². The van der Waals surface area contributed by atoms with Gasteiger partial charge in [0.05, 0.1) is 13.1 Å². The Balaban J connectivity index is 1.76. The van der Waals surface area contributed by atoms with Gasteiger partial charge in [-0.15, -0.1) is 0 Å². The van der Waals surface area contributed by atoms with Crippen LogP contribution in [-0.4, -0.2) is 51.2 Å². The Kier molecular flexibility index (Phi) is 4.78. The van der Waals surface area contributed by atoms with Gasteiger partial charge in [-0.1, -0.05) is 5.16 Å². The number of carbonyl (C=O) groups is 2. The number of nitrogens with one attached hydrogen (secondary N) is 1. The van der Waals surface area contributed by atoms with Gasteiger partial charge < -0.3 is 19.8 Å². The highest BCUT2D eigenvalue weighted by Crippen LogP contribution is 2.32. The van der Waals surface area contributed by atoms with Gasteiger partial charge in [0.2, 0.25) is 5.91 Å². The number of hydrogen-bond acceptors (Lipinski definition) is 5. The number of benzene rings is 1. The van der Waals surface area contributed by atoms with Crippen LogP contribution in [0.25, 0.3) is 0 Å². The number of rotatable bonds is 4. The molecule has 2 aliphatic heterocycles. The lowest BCUT2D eigenvalue weighted by Gasteiger charge is -2.29. The van der Waals surface area contributed by atoms with E-state index >= 15 is 0 Å². The van der Waals surface area contributed by atoms with E-state index in [0.717, 1.165) is 35.6 Å². The van der Waals surface area contributed by atoms with Crippen LogP contribution in [0.5, 0.6) is 0 Å². The second-order valence-corrected chi connectivity index (χ2v) is 6.12. The van der Waals surface area contributed by atoms with Gasteiger partial charge >= 0.3 is 6.09 Å². The summed E-state index contributed by atoms with van der Waals surface area (Å²) in [5, 5.41) is 6.72. The van der Waals surface area contributed by atoms with Crippen molar-refractivity contribution in [2.75, 3.05) is 37.0 Å². The highest BCUT2D eigenvalue weighted by molar-refractivity contribution is 6.00. The molecule has 1 atom stereocenters. The minimum absolute atomic E-state index is 0.139. The fourth-order valence-corrected chi connectivity index (χ4v) is 3.13. The maximum Gasteiger partial charge on any atom is 0.414 e. The van der Waals surface area contributed by atoms with E-state index in [9.17, 15) is 9.59 Å². The van der Waals surface area contributed by atoms with E-state index in [1.54, 1.807) is 4.90 Å². The zero-order valence-electron chi connectivity index (χ0n) is 14.6. The van der Waals surface area contributed by atoms with Crippen LogP contribution in [0.2, 0.25) is 0 Å². The molecule has 1 aromatic rings. The normalized spacial score (nSPS) is 21.2. The standard InChI is InChI=1S/C17H22N4O4/c1-11(22)18-9-14-10-21(17(23)25-14)13-5-6-15-12(8-13)4-7-16(19-24-3)20(15)2/h5-6,8,14H,4,7,9-10H2,1-3H3,(H,18,22)/b19-16+/t14-/m0/s1. The van der Waals surface area contributed by atoms with E-state index in [1.807, 2.05) is 30.1 Å². The second kappa shape index (κ2) is 7.00. The first kappa shape index (κ1) is 17.1. The van der Waals surface area contributed by atoms with Crippen LogP contribution in [-0.2, 0) is 20.8 Å². The van der Waals surface area contributed by atoms with Crippen LogP contribution < -0.4 is 15.1 Å². The van der Waals surface area contributed by atoms with E-state index in [4.69, 9.17) is 9.57 Å². The highest BCUT2D eigenvalue weighted by Gasteiger charge is 2.33. The molecular formula is C17H22N4O4. The van der Waals surface area contributed by atoms with Crippen molar-refractivity contribution in [2.45, 2.75) is 25.9 Å². The van der Waals surface area contributed by atoms with Gasteiger partial charge in [-0.25, -0.2) is 4.79 Å². The minimum Gasteiger partial charge on any atom is -0.442 e. The first-order valence-corrected chi connectivity index (χ1v) is 8.19. The van der Waals surface area contributed by atoms with Crippen molar-refractivity contribution < 1.29 is 19.2 Å². The zero-order chi connectivity index (χ0) is 18.0. The van der Waals surface area contributed by atoms with Crippen LogP contribution in [0.15, 0.2) is 23.4 Å². The van der Waals surface area contributed by atoms with Crippen molar-refractivity contribution in [1.29, 1.82) is 0 Å². The Morgan fingerprint density at radius 3 is 2.96 bits per heavy atom. The lowest BCUT2D eigenvalue weighted by atomic mass is 10.0. The van der Waals surface area contributed by atoms with Crippen LogP contribution in [0, 0.1) is 0 Å². The molecule has 1 fully saturated rings. The smallest absolute Gasteiger partial charge is 0.414 e. The van der Waals surface area contributed by atoms with Crippen molar-refractivity contribution >= 4 is 29.2 Å². The lowest BCUT2D eigenvalue weighted by Crippen LogP contribution is -2.33. The van der Waals surface area contributed by atoms with E-state index in [2.05, 4.69) is 10.5 Å². The number of hydrogen-bond donors (Lipinski definition) is 1. The molecule has 8 nitrogen and oxygen atoms in total. The number of ether oxygens (including phenoxy) is 1. The molecule has 8 heteroatoms. The molecule has 134 valence electrons. The summed E-state index contributed by atoms with van der Waals surface area (Å²) in [5.41, 5.74) is 3.00. The van der Waals surface area contributed by atoms with Gasteiger partial charge in [-0.2, -0.15) is 0 Å². The van der Waals surface area contributed by atoms with Gasteiger partial charge in [-0.05, 0) is 30.2 Å². The lowest BCUT2D eigenvalue weighted by molar-refractivity contribution is -0.119. The number of aryl methyl sites for hydroxylation is 1. The van der Waals surface area contributed by atoms with Crippen LogP contribution in [0.4, 0.5) is 16.2 Å². The number of anilines is 2. The molecule has 0 unspecified atom stereocenters. The van der Waals surface area contributed by atoms with E-state index in [0.29, 0.717) is 13.1 Å².